The molecule has 10 nitrogen and oxygen atoms in total. The van der Waals surface area contributed by atoms with E-state index in [1.807, 2.05) is 57.0 Å². The minimum atomic E-state index is -1.14. The van der Waals surface area contributed by atoms with Crippen molar-refractivity contribution in [1.29, 1.82) is 0 Å². The van der Waals surface area contributed by atoms with Gasteiger partial charge in [-0.25, -0.2) is 0 Å². The minimum absolute atomic E-state index is 0. The van der Waals surface area contributed by atoms with Crippen molar-refractivity contribution >= 4 is 40.8 Å². The SMILES string of the molecule is CC(=O)N1CCN(c2ccc(OCC3NC=C[N+]3(Cc3cc(C)c(OC(=O)C(C)C)c(C)c3)CC3(c4ccc(Cl)cc4Cl)OCCO3)cc2)CC1.[Br-]. The van der Waals surface area contributed by atoms with Gasteiger partial charge in [0, 0.05) is 54.9 Å². The first-order chi connectivity index (χ1) is 24.4. The number of aryl methyl sites for hydroxylation is 2. The van der Waals surface area contributed by atoms with Crippen molar-refractivity contribution in [2.45, 2.75) is 53.1 Å². The quantitative estimate of drug-likeness (QED) is 0.179. The molecule has 280 valence electrons. The number of carbonyl (C=O) groups excluding carboxylic acids is 2. The Balaban J connectivity index is 0.00000523. The number of rotatable bonds is 11. The third-order valence-corrected chi connectivity index (χ3v) is 10.4. The molecule has 2 fully saturated rings. The van der Waals surface area contributed by atoms with Gasteiger partial charge >= 0.3 is 5.97 Å². The van der Waals surface area contributed by atoms with Crippen molar-refractivity contribution in [2.75, 3.05) is 57.4 Å². The van der Waals surface area contributed by atoms with E-state index in [-0.39, 0.29) is 40.9 Å². The van der Waals surface area contributed by atoms with Gasteiger partial charge in [-0.05, 0) is 73.5 Å². The number of piperazine rings is 1. The summed E-state index contributed by atoms with van der Waals surface area (Å²) < 4.78 is 25.5. The van der Waals surface area contributed by atoms with E-state index < -0.39 is 5.79 Å². The Morgan fingerprint density at radius 2 is 1.63 bits per heavy atom. The number of anilines is 1. The van der Waals surface area contributed by atoms with Crippen molar-refractivity contribution in [1.82, 2.24) is 10.2 Å². The Labute approximate surface area is 326 Å². The number of halogens is 3. The van der Waals surface area contributed by atoms with Crippen molar-refractivity contribution in [3.63, 3.8) is 0 Å². The second kappa shape index (κ2) is 16.8. The van der Waals surface area contributed by atoms with Gasteiger partial charge in [-0.1, -0.05) is 43.1 Å². The van der Waals surface area contributed by atoms with Crippen LogP contribution in [-0.4, -0.2) is 80.0 Å². The van der Waals surface area contributed by atoms with Crippen LogP contribution in [0.4, 0.5) is 5.69 Å². The summed E-state index contributed by atoms with van der Waals surface area (Å²) in [5.74, 6) is -0.176. The molecule has 52 heavy (non-hydrogen) atoms. The van der Waals surface area contributed by atoms with Crippen molar-refractivity contribution in [2.24, 2.45) is 5.92 Å². The lowest BCUT2D eigenvalue weighted by Crippen LogP contribution is -3.00. The molecule has 3 aromatic carbocycles. The molecule has 3 aromatic rings. The van der Waals surface area contributed by atoms with Crippen LogP contribution in [0.2, 0.25) is 10.0 Å². The highest BCUT2D eigenvalue weighted by Gasteiger charge is 2.52. The first-order valence-corrected chi connectivity index (χ1v) is 18.2. The van der Waals surface area contributed by atoms with E-state index in [2.05, 4.69) is 40.7 Å². The Bertz CT molecular complexity index is 1750. The van der Waals surface area contributed by atoms with E-state index in [4.69, 9.17) is 42.1 Å². The predicted molar refractivity (Wildman–Crippen MR) is 198 cm³/mol. The normalized spacial score (nSPS) is 20.8. The van der Waals surface area contributed by atoms with Gasteiger partial charge in [0.2, 0.25) is 17.9 Å². The van der Waals surface area contributed by atoms with Crippen LogP contribution in [0.5, 0.6) is 11.5 Å². The number of hydrogen-bond acceptors (Lipinski definition) is 8. The number of ether oxygens (including phenoxy) is 4. The lowest BCUT2D eigenvalue weighted by molar-refractivity contribution is -0.923. The molecular formula is C39H47BrCl2N4O6. The Kier molecular flexibility index (Phi) is 12.9. The molecule has 2 atom stereocenters. The van der Waals surface area contributed by atoms with Gasteiger partial charge in [-0.2, -0.15) is 0 Å². The summed E-state index contributed by atoms with van der Waals surface area (Å²) in [6.45, 7) is 14.4. The standard InChI is InChI=1S/C39H47Cl2N4O6.BrH/c1-26(2)38(47)51-37-27(3)20-30(21-28(37)4)23-45(25-39(49-18-19-50-39)34-11-6-31(40)22-35(34)41)17-12-42-36(45)24-48-33-9-7-32(8-10-33)44-15-13-43(14-16-44)29(5)46;/h6-12,17,20-22,26,36,42H,13-16,18-19,23-25H2,1-5H3;1H/q+1;/p-1. The number of quaternary nitrogens is 1. The molecule has 0 aliphatic carbocycles. The summed E-state index contributed by atoms with van der Waals surface area (Å²) in [5, 5.41) is 4.55. The van der Waals surface area contributed by atoms with Gasteiger partial charge in [0.25, 0.3) is 0 Å². The lowest BCUT2D eigenvalue weighted by Gasteiger charge is -2.43. The van der Waals surface area contributed by atoms with Gasteiger partial charge in [-0.15, -0.1) is 0 Å². The summed E-state index contributed by atoms with van der Waals surface area (Å²) in [5.41, 5.74) is 4.63. The van der Waals surface area contributed by atoms with E-state index in [1.54, 1.807) is 19.1 Å². The van der Waals surface area contributed by atoms with Crippen LogP contribution < -0.4 is 36.7 Å². The number of hydrogen-bond donors (Lipinski definition) is 1. The van der Waals surface area contributed by atoms with Gasteiger partial charge in [-0.3, -0.25) is 14.1 Å². The summed E-state index contributed by atoms with van der Waals surface area (Å²) >= 11 is 13.1. The zero-order valence-corrected chi connectivity index (χ0v) is 33.4. The molecule has 1 N–H and O–H groups in total. The maximum Gasteiger partial charge on any atom is 0.313 e. The monoisotopic (exact) mass is 816 g/mol. The zero-order valence-electron chi connectivity index (χ0n) is 30.3. The van der Waals surface area contributed by atoms with Gasteiger partial charge < -0.3 is 51.0 Å². The third kappa shape index (κ3) is 8.72. The highest BCUT2D eigenvalue weighted by Crippen LogP contribution is 2.42. The number of nitrogens with zero attached hydrogens (tertiary/aromatic N) is 3. The molecule has 3 aliphatic heterocycles. The average molecular weight is 819 g/mol. The van der Waals surface area contributed by atoms with E-state index in [0.717, 1.165) is 54.3 Å². The summed E-state index contributed by atoms with van der Waals surface area (Å²) in [4.78, 5) is 28.4. The van der Waals surface area contributed by atoms with Crippen molar-refractivity contribution in [3.8, 4) is 11.5 Å². The largest absolute Gasteiger partial charge is 1.00 e. The Hall–Kier alpha value is -3.32. The molecule has 0 spiro atoms. The molecule has 0 saturated carbocycles. The molecule has 3 aliphatic rings. The molecular weight excluding hydrogens is 771 g/mol. The van der Waals surface area contributed by atoms with Gasteiger partial charge in [0.15, 0.2) is 6.61 Å². The van der Waals surface area contributed by atoms with E-state index in [9.17, 15) is 9.59 Å². The van der Waals surface area contributed by atoms with Crippen LogP contribution in [0.25, 0.3) is 0 Å². The van der Waals surface area contributed by atoms with Gasteiger partial charge in [0.05, 0.1) is 30.4 Å². The maximum atomic E-state index is 12.5. The molecule has 6 rings (SSSR count). The topological polar surface area (TPSA) is 89.6 Å². The molecule has 0 aromatic heterocycles. The second-order valence-corrected chi connectivity index (χ2v) is 14.8. The van der Waals surface area contributed by atoms with Gasteiger partial charge in [0.1, 0.15) is 30.8 Å². The van der Waals surface area contributed by atoms with Crippen LogP contribution in [0.15, 0.2) is 67.0 Å². The first kappa shape index (κ1) is 39.9. The predicted octanol–water partition coefficient (Wildman–Crippen LogP) is 3.54. The number of carbonyl (C=O) groups is 2. The van der Waals surface area contributed by atoms with Crippen molar-refractivity contribution in [3.05, 3.63) is 99.3 Å². The Morgan fingerprint density at radius 1 is 0.981 bits per heavy atom. The highest BCUT2D eigenvalue weighted by atomic mass is 79.9. The van der Waals surface area contributed by atoms with E-state index >= 15 is 0 Å². The van der Waals surface area contributed by atoms with Crippen LogP contribution in [0.1, 0.15) is 43.0 Å². The molecule has 2 saturated heterocycles. The van der Waals surface area contributed by atoms with Crippen LogP contribution in [-0.2, 0) is 31.4 Å². The summed E-state index contributed by atoms with van der Waals surface area (Å²) in [6, 6.07) is 17.7. The lowest BCUT2D eigenvalue weighted by atomic mass is 10.0. The van der Waals surface area contributed by atoms with Crippen LogP contribution in [0, 0.1) is 19.8 Å². The number of benzene rings is 3. The minimum Gasteiger partial charge on any atom is -1.00 e. The maximum absolute atomic E-state index is 12.5. The van der Waals surface area contributed by atoms with Crippen LogP contribution >= 0.6 is 23.2 Å². The fraction of sp³-hybridized carbons (Fsp3) is 0.436. The molecule has 13 heteroatoms. The van der Waals surface area contributed by atoms with Crippen LogP contribution in [0.3, 0.4) is 0 Å². The number of amides is 1. The highest BCUT2D eigenvalue weighted by molar-refractivity contribution is 6.35. The Morgan fingerprint density at radius 3 is 2.23 bits per heavy atom. The fourth-order valence-electron chi connectivity index (χ4n) is 7.16. The van der Waals surface area contributed by atoms with E-state index in [1.165, 1.54) is 0 Å². The fourth-order valence-corrected chi connectivity index (χ4v) is 7.72. The second-order valence-electron chi connectivity index (χ2n) is 13.9. The number of esters is 1. The first-order valence-electron chi connectivity index (χ1n) is 17.5. The molecule has 1 amide bonds. The van der Waals surface area contributed by atoms with E-state index in [0.29, 0.717) is 58.8 Å². The average Bonchev–Trinajstić information content (AvgIpc) is 3.72. The molecule has 0 radical (unpaired) electrons. The smallest absolute Gasteiger partial charge is 0.313 e. The number of nitrogens with one attached hydrogen (secondary N) is 1. The molecule has 0 bridgehead atoms. The molecule has 3 heterocycles. The zero-order chi connectivity index (χ0) is 36.3. The third-order valence-electron chi connectivity index (χ3n) is 9.88. The summed E-state index contributed by atoms with van der Waals surface area (Å²) in [6.07, 6.45) is 3.87. The van der Waals surface area contributed by atoms with Crippen molar-refractivity contribution < 1.29 is 50.0 Å². The molecule has 2 unspecified atom stereocenters. The summed E-state index contributed by atoms with van der Waals surface area (Å²) in [7, 11) is 0.